The van der Waals surface area contributed by atoms with Crippen LogP contribution in [0.4, 0.5) is 0 Å². The lowest BCUT2D eigenvalue weighted by atomic mass is 10.7. The second kappa shape index (κ2) is 8.84. The molecule has 61 valence electrons. The van der Waals surface area contributed by atoms with E-state index in [1.807, 2.05) is 0 Å². The van der Waals surface area contributed by atoms with Gasteiger partial charge in [0.2, 0.25) is 0 Å². The van der Waals surface area contributed by atoms with Gasteiger partial charge in [0.05, 0.1) is 33.0 Å². The Morgan fingerprint density at radius 2 is 1.60 bits per heavy atom. The average Bonchev–Trinajstić information content (AvgIpc) is 1.97. The number of aliphatic hydroxyl groups excluding tert-OH is 1. The van der Waals surface area contributed by atoms with Gasteiger partial charge in [-0.25, -0.2) is 0 Å². The van der Waals surface area contributed by atoms with Crippen molar-refractivity contribution in [1.82, 2.24) is 5.73 Å². The molecule has 0 atom stereocenters. The lowest BCUT2D eigenvalue weighted by molar-refractivity contribution is 0.0352. The van der Waals surface area contributed by atoms with Gasteiger partial charge in [-0.2, -0.15) is 0 Å². The van der Waals surface area contributed by atoms with E-state index in [2.05, 4.69) is 0 Å². The first-order valence-electron chi connectivity index (χ1n) is 3.32. The molecule has 0 rings (SSSR count). The highest BCUT2D eigenvalue weighted by Crippen LogP contribution is 1.76. The van der Waals surface area contributed by atoms with Crippen molar-refractivity contribution in [3.05, 3.63) is 0 Å². The molecule has 4 heteroatoms. The monoisotopic (exact) mass is 148 g/mol. The molecule has 0 aromatic carbocycles. The minimum absolute atomic E-state index is 0.0540. The van der Waals surface area contributed by atoms with Gasteiger partial charge >= 0.3 is 0 Å². The number of hydrogen-bond acceptors (Lipinski definition) is 3. The van der Waals surface area contributed by atoms with Crippen LogP contribution in [-0.2, 0) is 9.47 Å². The highest BCUT2D eigenvalue weighted by molar-refractivity contribution is 4.32. The van der Waals surface area contributed by atoms with E-state index < -0.39 is 0 Å². The Bertz CT molecular complexity index is 53.0. The number of aliphatic hydroxyl groups is 1. The normalized spacial score (nSPS) is 10.2. The second-order valence-corrected chi connectivity index (χ2v) is 1.70. The lowest BCUT2D eigenvalue weighted by Crippen LogP contribution is -2.09. The Morgan fingerprint density at radius 3 is 2.10 bits per heavy atom. The standard InChI is InChI=1S/C6H14NO3/c7-1-3-9-5-6-10-4-2-8/h7-8H,1-6H2. The molecule has 4 nitrogen and oxygen atoms in total. The molecule has 0 aliphatic carbocycles. The minimum atomic E-state index is 0.0540. The first-order valence-corrected chi connectivity index (χ1v) is 3.32. The number of ether oxygens (including phenoxy) is 2. The zero-order valence-corrected chi connectivity index (χ0v) is 6.01. The van der Waals surface area contributed by atoms with Crippen LogP contribution in [0.3, 0.4) is 0 Å². The van der Waals surface area contributed by atoms with Crippen molar-refractivity contribution in [3.63, 3.8) is 0 Å². The number of hydrogen-bond donors (Lipinski definition) is 1. The Balaban J connectivity index is 2.65. The second-order valence-electron chi connectivity index (χ2n) is 1.70. The van der Waals surface area contributed by atoms with Crippen LogP contribution in [0.2, 0.25) is 0 Å². The maximum atomic E-state index is 8.27. The summed E-state index contributed by atoms with van der Waals surface area (Å²) in [5.74, 6) is 0. The van der Waals surface area contributed by atoms with Crippen molar-refractivity contribution >= 4 is 0 Å². The first kappa shape index (κ1) is 9.84. The van der Waals surface area contributed by atoms with Crippen molar-refractivity contribution in [3.8, 4) is 0 Å². The molecule has 0 unspecified atom stereocenters. The molecule has 0 aromatic rings. The molecule has 2 N–H and O–H groups in total. The van der Waals surface area contributed by atoms with Gasteiger partial charge in [0.15, 0.2) is 0 Å². The van der Waals surface area contributed by atoms with E-state index in [0.29, 0.717) is 33.0 Å². The summed E-state index contributed by atoms with van der Waals surface area (Å²) in [6.07, 6.45) is 0. The van der Waals surface area contributed by atoms with E-state index in [0.717, 1.165) is 0 Å². The summed E-state index contributed by atoms with van der Waals surface area (Å²) in [4.78, 5) is 0. The first-order chi connectivity index (χ1) is 4.91. The van der Waals surface area contributed by atoms with Gasteiger partial charge in [-0.3, -0.25) is 5.73 Å². The van der Waals surface area contributed by atoms with Crippen molar-refractivity contribution < 1.29 is 14.6 Å². The van der Waals surface area contributed by atoms with E-state index >= 15 is 0 Å². The molecule has 0 heterocycles. The van der Waals surface area contributed by atoms with Gasteiger partial charge in [0.1, 0.15) is 0 Å². The third kappa shape index (κ3) is 7.84. The largest absolute Gasteiger partial charge is 0.394 e. The van der Waals surface area contributed by atoms with Crippen molar-refractivity contribution in [2.24, 2.45) is 0 Å². The molecular formula is C6H14NO3. The topological polar surface area (TPSA) is 62.5 Å². The predicted molar refractivity (Wildman–Crippen MR) is 36.7 cm³/mol. The van der Waals surface area contributed by atoms with Gasteiger partial charge in [-0.1, -0.05) is 0 Å². The fourth-order valence-electron chi connectivity index (χ4n) is 0.459. The maximum Gasteiger partial charge on any atom is 0.0701 e. The van der Waals surface area contributed by atoms with Crippen molar-refractivity contribution in [1.29, 1.82) is 0 Å². The average molecular weight is 148 g/mol. The highest BCUT2D eigenvalue weighted by atomic mass is 16.5. The van der Waals surface area contributed by atoms with E-state index in [9.17, 15) is 0 Å². The molecule has 0 fully saturated rings. The Hall–Kier alpha value is -0.160. The zero-order valence-electron chi connectivity index (χ0n) is 6.01. The van der Waals surface area contributed by atoms with Crippen LogP contribution in [0, 0.1) is 0 Å². The van der Waals surface area contributed by atoms with E-state index in [1.165, 1.54) is 0 Å². The molecule has 0 aliphatic heterocycles. The summed E-state index contributed by atoms with van der Waals surface area (Å²) < 4.78 is 9.83. The molecule has 1 radical (unpaired) electrons. The van der Waals surface area contributed by atoms with Gasteiger partial charge in [0, 0.05) is 6.54 Å². The third-order valence-corrected chi connectivity index (χ3v) is 0.854. The van der Waals surface area contributed by atoms with Crippen LogP contribution < -0.4 is 5.73 Å². The SMILES string of the molecule is [NH]CCOCCOCCO. The van der Waals surface area contributed by atoms with E-state index in [1.54, 1.807) is 0 Å². The summed E-state index contributed by atoms with van der Waals surface area (Å²) in [7, 11) is 0. The summed E-state index contributed by atoms with van der Waals surface area (Å²) in [5.41, 5.74) is 6.71. The van der Waals surface area contributed by atoms with Crippen LogP contribution in [0.15, 0.2) is 0 Å². The van der Waals surface area contributed by atoms with Gasteiger partial charge in [0.25, 0.3) is 0 Å². The van der Waals surface area contributed by atoms with Crippen LogP contribution in [0.25, 0.3) is 0 Å². The Kier molecular flexibility index (Phi) is 8.70. The van der Waals surface area contributed by atoms with Crippen LogP contribution in [0.5, 0.6) is 0 Å². The van der Waals surface area contributed by atoms with Crippen LogP contribution in [-0.4, -0.2) is 44.7 Å². The Labute approximate surface area is 60.9 Å². The molecule has 0 aliphatic rings. The highest BCUT2D eigenvalue weighted by Gasteiger charge is 1.86. The quantitative estimate of drug-likeness (QED) is 0.485. The molecule has 0 saturated heterocycles. The summed E-state index contributed by atoms with van der Waals surface area (Å²) in [6, 6.07) is 0. The predicted octanol–water partition coefficient (Wildman–Crippen LogP) is -0.705. The van der Waals surface area contributed by atoms with Gasteiger partial charge < -0.3 is 14.6 Å². The fraction of sp³-hybridized carbons (Fsp3) is 1.00. The van der Waals surface area contributed by atoms with Crippen molar-refractivity contribution in [2.45, 2.75) is 0 Å². The van der Waals surface area contributed by atoms with E-state index in [-0.39, 0.29) is 6.61 Å². The summed E-state index contributed by atoms with van der Waals surface area (Å²) in [5, 5.41) is 8.27. The van der Waals surface area contributed by atoms with Gasteiger partial charge in [-0.15, -0.1) is 0 Å². The lowest BCUT2D eigenvalue weighted by Gasteiger charge is -2.01. The van der Waals surface area contributed by atoms with Gasteiger partial charge in [-0.05, 0) is 0 Å². The molecule has 0 bridgehead atoms. The van der Waals surface area contributed by atoms with Crippen LogP contribution in [0.1, 0.15) is 0 Å². The zero-order chi connectivity index (χ0) is 7.66. The minimum Gasteiger partial charge on any atom is -0.394 e. The van der Waals surface area contributed by atoms with Crippen molar-refractivity contribution in [2.75, 3.05) is 39.6 Å². The molecule has 0 spiro atoms. The third-order valence-electron chi connectivity index (χ3n) is 0.854. The fourth-order valence-corrected chi connectivity index (χ4v) is 0.459. The molecule has 0 saturated carbocycles. The number of rotatable bonds is 7. The summed E-state index contributed by atoms with van der Waals surface area (Å²) >= 11 is 0. The van der Waals surface area contributed by atoms with E-state index in [4.69, 9.17) is 20.3 Å². The molecular weight excluding hydrogens is 134 g/mol. The molecule has 10 heavy (non-hydrogen) atoms. The maximum absolute atomic E-state index is 8.27. The molecule has 0 aromatic heterocycles. The van der Waals surface area contributed by atoms with Crippen LogP contribution >= 0.6 is 0 Å². The smallest absolute Gasteiger partial charge is 0.0701 e. The molecule has 0 amide bonds. The Morgan fingerprint density at radius 1 is 1.00 bits per heavy atom. The summed E-state index contributed by atoms with van der Waals surface area (Å²) in [6.45, 7) is 2.19. The number of nitrogens with one attached hydrogen (secondary N) is 1.